The topological polar surface area (TPSA) is 81.9 Å². The minimum absolute atomic E-state index is 0.627. The van der Waals surface area contributed by atoms with Gasteiger partial charge in [0, 0.05) is 30.3 Å². The summed E-state index contributed by atoms with van der Waals surface area (Å²) in [6, 6.07) is 3.94. The highest BCUT2D eigenvalue weighted by atomic mass is 16.5. The molecule has 2 aromatic rings. The Bertz CT molecular complexity index is 626. The molecule has 0 unspecified atom stereocenters. The van der Waals surface area contributed by atoms with Crippen LogP contribution in [0.2, 0.25) is 0 Å². The molecule has 2 fully saturated rings. The Labute approximate surface area is 135 Å². The number of rotatable bonds is 7. The van der Waals surface area contributed by atoms with Crippen LogP contribution in [0.5, 0.6) is 5.88 Å². The van der Waals surface area contributed by atoms with Crippen molar-refractivity contribution in [1.29, 1.82) is 0 Å². The normalized spacial score (nSPS) is 19.0. The van der Waals surface area contributed by atoms with Gasteiger partial charge in [0.05, 0.1) is 0 Å². The lowest BCUT2D eigenvalue weighted by atomic mass is 10.1. The highest BCUT2D eigenvalue weighted by Gasteiger charge is 2.25. The molecule has 3 N–H and O–H groups in total. The number of nitrogens with zero attached hydrogens (tertiary/aromatic N) is 3. The number of H-pyrrole nitrogens is 2. The third kappa shape index (κ3) is 3.85. The van der Waals surface area contributed by atoms with E-state index in [1.807, 2.05) is 6.07 Å². The third-order valence-corrected chi connectivity index (χ3v) is 4.54. The van der Waals surface area contributed by atoms with Gasteiger partial charge >= 0.3 is 0 Å². The fourth-order valence-electron chi connectivity index (χ4n) is 3.05. The van der Waals surface area contributed by atoms with E-state index in [-0.39, 0.29) is 0 Å². The van der Waals surface area contributed by atoms with E-state index < -0.39 is 0 Å². The first kappa shape index (κ1) is 14.6. The molecule has 1 saturated heterocycles. The molecular formula is C16H24N6O. The van der Waals surface area contributed by atoms with Gasteiger partial charge in [0.1, 0.15) is 12.4 Å². The van der Waals surface area contributed by atoms with Crippen molar-refractivity contribution in [3.63, 3.8) is 0 Å². The minimum atomic E-state index is 0.627. The standard InChI is InChI=1S/C16H24N6O/c1-2-6-22(7-3-1)8-9-23-16-11-15(20-21-16)17-14-10-13(18-19-14)12-4-5-12/h10-12H,1-9H2,(H3,17,18,19,20,21). The lowest BCUT2D eigenvalue weighted by Crippen LogP contribution is -2.33. The van der Waals surface area contributed by atoms with Gasteiger partial charge in [0.15, 0.2) is 5.82 Å². The van der Waals surface area contributed by atoms with E-state index in [1.165, 1.54) is 50.9 Å². The lowest BCUT2D eigenvalue weighted by molar-refractivity contribution is 0.180. The van der Waals surface area contributed by atoms with Gasteiger partial charge in [-0.25, -0.2) is 0 Å². The van der Waals surface area contributed by atoms with Crippen LogP contribution in [0.1, 0.15) is 43.7 Å². The van der Waals surface area contributed by atoms with Crippen molar-refractivity contribution < 1.29 is 4.74 Å². The van der Waals surface area contributed by atoms with Gasteiger partial charge in [-0.1, -0.05) is 6.42 Å². The van der Waals surface area contributed by atoms with E-state index >= 15 is 0 Å². The maximum absolute atomic E-state index is 5.73. The fourth-order valence-corrected chi connectivity index (χ4v) is 3.05. The van der Waals surface area contributed by atoms with Crippen LogP contribution in [-0.4, -0.2) is 51.5 Å². The van der Waals surface area contributed by atoms with E-state index in [1.54, 1.807) is 0 Å². The molecule has 0 aromatic carbocycles. The Morgan fingerprint density at radius 1 is 1.13 bits per heavy atom. The van der Waals surface area contributed by atoms with Crippen molar-refractivity contribution >= 4 is 11.6 Å². The average molecular weight is 316 g/mol. The molecule has 0 radical (unpaired) electrons. The number of aromatic nitrogens is 4. The van der Waals surface area contributed by atoms with E-state index in [9.17, 15) is 0 Å². The van der Waals surface area contributed by atoms with Crippen LogP contribution in [0.3, 0.4) is 0 Å². The van der Waals surface area contributed by atoms with Gasteiger partial charge in [-0.2, -0.15) is 5.10 Å². The van der Waals surface area contributed by atoms with Crippen molar-refractivity contribution in [1.82, 2.24) is 25.3 Å². The Kier molecular flexibility index (Phi) is 4.19. The number of likely N-dealkylation sites (tertiary alicyclic amines) is 1. The molecule has 124 valence electrons. The number of hydrogen-bond acceptors (Lipinski definition) is 5. The molecule has 7 nitrogen and oxygen atoms in total. The molecule has 3 heterocycles. The van der Waals surface area contributed by atoms with Crippen LogP contribution < -0.4 is 10.1 Å². The number of piperidine rings is 1. The van der Waals surface area contributed by atoms with E-state index in [0.29, 0.717) is 18.4 Å². The van der Waals surface area contributed by atoms with Crippen molar-refractivity contribution in [3.05, 3.63) is 17.8 Å². The third-order valence-electron chi connectivity index (χ3n) is 4.54. The lowest BCUT2D eigenvalue weighted by Gasteiger charge is -2.25. The summed E-state index contributed by atoms with van der Waals surface area (Å²) in [6.07, 6.45) is 6.51. The molecule has 7 heteroatoms. The number of ether oxygens (including phenoxy) is 1. The summed E-state index contributed by atoms with van der Waals surface area (Å²) in [5.41, 5.74) is 1.21. The highest BCUT2D eigenvalue weighted by Crippen LogP contribution is 2.39. The van der Waals surface area contributed by atoms with E-state index in [0.717, 1.165) is 18.2 Å². The van der Waals surface area contributed by atoms with Crippen LogP contribution in [0.4, 0.5) is 11.6 Å². The molecule has 1 aliphatic carbocycles. The van der Waals surface area contributed by atoms with Crippen LogP contribution in [0, 0.1) is 0 Å². The van der Waals surface area contributed by atoms with E-state index in [4.69, 9.17) is 4.74 Å². The number of nitrogens with one attached hydrogen (secondary N) is 3. The van der Waals surface area contributed by atoms with Gasteiger partial charge in [-0.15, -0.1) is 5.10 Å². The van der Waals surface area contributed by atoms with Gasteiger partial charge in [0.2, 0.25) is 5.88 Å². The summed E-state index contributed by atoms with van der Waals surface area (Å²) in [5, 5.41) is 17.7. The first-order valence-corrected chi connectivity index (χ1v) is 8.60. The monoisotopic (exact) mass is 316 g/mol. The second kappa shape index (κ2) is 6.62. The van der Waals surface area contributed by atoms with Crippen molar-refractivity contribution in [2.24, 2.45) is 0 Å². The average Bonchev–Trinajstić information content (AvgIpc) is 3.17. The maximum Gasteiger partial charge on any atom is 0.234 e. The van der Waals surface area contributed by atoms with E-state index in [2.05, 4.69) is 36.7 Å². The smallest absolute Gasteiger partial charge is 0.234 e. The number of hydrogen-bond donors (Lipinski definition) is 3. The van der Waals surface area contributed by atoms with Crippen LogP contribution in [-0.2, 0) is 0 Å². The molecule has 0 spiro atoms. The zero-order valence-corrected chi connectivity index (χ0v) is 13.3. The summed E-state index contributed by atoms with van der Waals surface area (Å²) in [6.45, 7) is 4.04. The largest absolute Gasteiger partial charge is 0.475 e. The molecule has 0 bridgehead atoms. The fraction of sp³-hybridized carbons (Fsp3) is 0.625. The van der Waals surface area contributed by atoms with Crippen molar-refractivity contribution in [2.75, 3.05) is 31.6 Å². The quantitative estimate of drug-likeness (QED) is 0.731. The summed E-state index contributed by atoms with van der Waals surface area (Å²) in [7, 11) is 0. The summed E-state index contributed by atoms with van der Waals surface area (Å²) < 4.78 is 5.73. The molecule has 1 saturated carbocycles. The van der Waals surface area contributed by atoms with Gasteiger partial charge in [-0.05, 0) is 38.8 Å². The second-order valence-corrected chi connectivity index (χ2v) is 6.48. The molecule has 23 heavy (non-hydrogen) atoms. The van der Waals surface area contributed by atoms with Gasteiger partial charge in [0.25, 0.3) is 0 Å². The predicted octanol–water partition coefficient (Wildman–Crippen LogP) is 2.62. The zero-order chi connectivity index (χ0) is 15.5. The molecule has 1 aliphatic heterocycles. The first-order chi connectivity index (χ1) is 11.4. The van der Waals surface area contributed by atoms with Crippen molar-refractivity contribution in [2.45, 2.75) is 38.0 Å². The molecule has 0 amide bonds. The number of anilines is 2. The maximum atomic E-state index is 5.73. The summed E-state index contributed by atoms with van der Waals surface area (Å²) >= 11 is 0. The predicted molar refractivity (Wildman–Crippen MR) is 88.2 cm³/mol. The molecule has 4 rings (SSSR count). The SMILES string of the molecule is c1c(OCCN2CCCCC2)n[nH]c1Nc1cc(C2CC2)[nH]n1. The number of aromatic amines is 2. The Morgan fingerprint density at radius 2 is 2.00 bits per heavy atom. The van der Waals surface area contributed by atoms with Crippen LogP contribution >= 0.6 is 0 Å². The molecule has 2 aliphatic rings. The Balaban J connectivity index is 1.24. The Morgan fingerprint density at radius 3 is 2.83 bits per heavy atom. The first-order valence-electron chi connectivity index (χ1n) is 8.60. The second-order valence-electron chi connectivity index (χ2n) is 6.48. The van der Waals surface area contributed by atoms with Gasteiger partial charge < -0.3 is 10.1 Å². The van der Waals surface area contributed by atoms with Crippen LogP contribution in [0.25, 0.3) is 0 Å². The Hall–Kier alpha value is -2.02. The van der Waals surface area contributed by atoms with Crippen LogP contribution in [0.15, 0.2) is 12.1 Å². The summed E-state index contributed by atoms with van der Waals surface area (Å²) in [4.78, 5) is 2.46. The molecule has 2 aromatic heterocycles. The molecular weight excluding hydrogens is 292 g/mol. The highest BCUT2D eigenvalue weighted by molar-refractivity contribution is 5.53. The zero-order valence-electron chi connectivity index (χ0n) is 13.3. The van der Waals surface area contributed by atoms with Crippen molar-refractivity contribution in [3.8, 4) is 5.88 Å². The minimum Gasteiger partial charge on any atom is -0.475 e. The van der Waals surface area contributed by atoms with Gasteiger partial charge in [-0.3, -0.25) is 15.1 Å². The summed E-state index contributed by atoms with van der Waals surface area (Å²) in [5.74, 6) is 2.91. The molecule has 0 atom stereocenters.